The van der Waals surface area contributed by atoms with Gasteiger partial charge in [-0.2, -0.15) is 0 Å². The summed E-state index contributed by atoms with van der Waals surface area (Å²) in [7, 11) is -1.34. The third kappa shape index (κ3) is 3.45. The lowest BCUT2D eigenvalue weighted by atomic mass is 10.1. The normalized spacial score (nSPS) is 23.2. The van der Waals surface area contributed by atoms with Gasteiger partial charge in [-0.25, -0.2) is 8.42 Å². The van der Waals surface area contributed by atoms with Crippen LogP contribution in [0.3, 0.4) is 0 Å². The van der Waals surface area contributed by atoms with Gasteiger partial charge in [0, 0.05) is 23.7 Å². The van der Waals surface area contributed by atoms with Crippen LogP contribution < -0.4 is 4.74 Å². The van der Waals surface area contributed by atoms with Gasteiger partial charge < -0.3 is 4.74 Å². The highest BCUT2D eigenvalue weighted by atomic mass is 35.5. The summed E-state index contributed by atoms with van der Waals surface area (Å²) >= 11 is 6.23. The van der Waals surface area contributed by atoms with Crippen LogP contribution in [-0.2, 0) is 16.4 Å². The second kappa shape index (κ2) is 6.33. The Hall–Kier alpha value is -0.780. The molecule has 20 heavy (non-hydrogen) atoms. The second-order valence-corrected chi connectivity index (χ2v) is 8.11. The van der Waals surface area contributed by atoms with E-state index in [1.54, 1.807) is 14.0 Å². The molecule has 0 N–H and O–H groups in total. The number of nitrogens with zero attached hydrogens (tertiary/aromatic N) is 1. The van der Waals surface area contributed by atoms with Crippen LogP contribution in [0.5, 0.6) is 5.75 Å². The van der Waals surface area contributed by atoms with E-state index >= 15 is 0 Å². The summed E-state index contributed by atoms with van der Waals surface area (Å²) in [6.45, 7) is 3.70. The molecule has 0 aromatic heterocycles. The van der Waals surface area contributed by atoms with E-state index in [9.17, 15) is 8.42 Å². The smallest absolute Gasteiger partial charge is 0.154 e. The zero-order valence-corrected chi connectivity index (χ0v) is 13.4. The maximum atomic E-state index is 11.9. The fourth-order valence-corrected chi connectivity index (χ4v) is 3.98. The number of methoxy groups -OCH3 is 1. The summed E-state index contributed by atoms with van der Waals surface area (Å²) in [4.78, 5) is 2.13. The van der Waals surface area contributed by atoms with E-state index in [-0.39, 0.29) is 11.0 Å². The molecule has 0 spiro atoms. The summed E-state index contributed by atoms with van der Waals surface area (Å²) in [6, 6.07) is 5.55. The Morgan fingerprint density at radius 2 is 2.15 bits per heavy atom. The number of ether oxygens (including phenoxy) is 1. The third-order valence-electron chi connectivity index (χ3n) is 3.83. The maximum Gasteiger partial charge on any atom is 0.154 e. The summed E-state index contributed by atoms with van der Waals surface area (Å²) in [6.07, 6.45) is 0.662. The van der Waals surface area contributed by atoms with Crippen molar-refractivity contribution in [2.24, 2.45) is 0 Å². The van der Waals surface area contributed by atoms with Crippen molar-refractivity contribution in [3.8, 4) is 5.75 Å². The first kappa shape index (κ1) is 15.6. The molecule has 4 nitrogen and oxygen atoms in total. The molecule has 1 saturated heterocycles. The Kier molecular flexibility index (Phi) is 4.94. The zero-order valence-electron chi connectivity index (χ0n) is 11.8. The first-order chi connectivity index (χ1) is 9.44. The van der Waals surface area contributed by atoms with Crippen molar-refractivity contribution in [2.45, 2.75) is 25.1 Å². The number of hydrogen-bond acceptors (Lipinski definition) is 4. The van der Waals surface area contributed by atoms with E-state index in [1.165, 1.54) is 0 Å². The summed E-state index contributed by atoms with van der Waals surface area (Å²) in [5.74, 6) is 0.957. The van der Waals surface area contributed by atoms with Crippen molar-refractivity contribution in [1.82, 2.24) is 4.90 Å². The standard InChI is InChI=1S/C14H20ClNO3S/c1-11-6-7-16(8-9-20(11,17)18)10-12-13(15)4-3-5-14(12)19-2/h3-5,11H,6-10H2,1-2H3/t11-/m0/s1. The van der Waals surface area contributed by atoms with Gasteiger partial charge in [0.25, 0.3) is 0 Å². The number of halogens is 1. The molecule has 0 aliphatic carbocycles. The molecule has 0 amide bonds. The SMILES string of the molecule is COc1cccc(Cl)c1CN1CC[C@H](C)S(=O)(=O)CC1. The van der Waals surface area contributed by atoms with E-state index in [0.29, 0.717) is 24.5 Å². The van der Waals surface area contributed by atoms with Crippen LogP contribution in [0.25, 0.3) is 0 Å². The predicted molar refractivity (Wildman–Crippen MR) is 81.1 cm³/mol. The Morgan fingerprint density at radius 1 is 1.40 bits per heavy atom. The van der Waals surface area contributed by atoms with Crippen LogP contribution in [-0.4, -0.2) is 44.5 Å². The topological polar surface area (TPSA) is 46.6 Å². The van der Waals surface area contributed by atoms with Gasteiger partial charge in [-0.1, -0.05) is 17.7 Å². The molecule has 1 heterocycles. The highest BCUT2D eigenvalue weighted by molar-refractivity contribution is 7.92. The van der Waals surface area contributed by atoms with E-state index < -0.39 is 9.84 Å². The van der Waals surface area contributed by atoms with Crippen LogP contribution in [0.4, 0.5) is 0 Å². The molecule has 1 aromatic rings. The quantitative estimate of drug-likeness (QED) is 0.858. The van der Waals surface area contributed by atoms with Crippen LogP contribution >= 0.6 is 11.6 Å². The van der Waals surface area contributed by atoms with Crippen LogP contribution in [0.1, 0.15) is 18.9 Å². The predicted octanol–water partition coefficient (Wildman–Crippen LogP) is 2.36. The molecule has 0 unspecified atom stereocenters. The van der Waals surface area contributed by atoms with Gasteiger partial charge in [-0.05, 0) is 32.0 Å². The van der Waals surface area contributed by atoms with Crippen molar-refractivity contribution in [3.63, 3.8) is 0 Å². The number of sulfone groups is 1. The zero-order chi connectivity index (χ0) is 14.8. The molecule has 112 valence electrons. The van der Waals surface area contributed by atoms with Gasteiger partial charge in [-0.15, -0.1) is 0 Å². The fraction of sp³-hybridized carbons (Fsp3) is 0.571. The van der Waals surface area contributed by atoms with Gasteiger partial charge in [0.15, 0.2) is 9.84 Å². The van der Waals surface area contributed by atoms with Gasteiger partial charge in [-0.3, -0.25) is 4.90 Å². The molecule has 1 aromatic carbocycles. The highest BCUT2D eigenvalue weighted by Crippen LogP contribution is 2.28. The molecule has 0 saturated carbocycles. The van der Waals surface area contributed by atoms with Crippen LogP contribution in [0, 0.1) is 0 Å². The molecule has 1 aliphatic heterocycles. The lowest BCUT2D eigenvalue weighted by Gasteiger charge is -2.21. The van der Waals surface area contributed by atoms with Crippen LogP contribution in [0.2, 0.25) is 5.02 Å². The minimum atomic E-state index is -2.95. The summed E-state index contributed by atoms with van der Waals surface area (Å²) in [5.41, 5.74) is 0.920. The molecular formula is C14H20ClNO3S. The Labute approximate surface area is 125 Å². The van der Waals surface area contributed by atoms with Gasteiger partial charge >= 0.3 is 0 Å². The van der Waals surface area contributed by atoms with E-state index in [4.69, 9.17) is 16.3 Å². The van der Waals surface area contributed by atoms with Crippen molar-refractivity contribution >= 4 is 21.4 Å². The van der Waals surface area contributed by atoms with Crippen LogP contribution in [0.15, 0.2) is 18.2 Å². The van der Waals surface area contributed by atoms with Crippen molar-refractivity contribution in [2.75, 3.05) is 26.0 Å². The second-order valence-electron chi connectivity index (χ2n) is 5.16. The lowest BCUT2D eigenvalue weighted by molar-refractivity contribution is 0.278. The first-order valence-electron chi connectivity index (χ1n) is 6.69. The Balaban J connectivity index is 2.15. The van der Waals surface area contributed by atoms with Gasteiger partial charge in [0.05, 0.1) is 18.1 Å². The van der Waals surface area contributed by atoms with E-state index in [0.717, 1.165) is 17.9 Å². The minimum absolute atomic E-state index is 0.209. The van der Waals surface area contributed by atoms with Gasteiger partial charge in [0.1, 0.15) is 5.75 Å². The Morgan fingerprint density at radius 3 is 2.85 bits per heavy atom. The monoisotopic (exact) mass is 317 g/mol. The Bertz CT molecular complexity index is 574. The highest BCUT2D eigenvalue weighted by Gasteiger charge is 2.26. The third-order valence-corrected chi connectivity index (χ3v) is 6.40. The summed E-state index contributed by atoms with van der Waals surface area (Å²) in [5, 5.41) is 0.394. The fourth-order valence-electron chi connectivity index (χ4n) is 2.38. The molecule has 6 heteroatoms. The molecule has 1 aliphatic rings. The van der Waals surface area contributed by atoms with Crippen molar-refractivity contribution < 1.29 is 13.2 Å². The van der Waals surface area contributed by atoms with Crippen molar-refractivity contribution in [1.29, 1.82) is 0 Å². The number of hydrogen-bond donors (Lipinski definition) is 0. The van der Waals surface area contributed by atoms with E-state index in [1.807, 2.05) is 18.2 Å². The minimum Gasteiger partial charge on any atom is -0.496 e. The lowest BCUT2D eigenvalue weighted by Crippen LogP contribution is -2.27. The largest absolute Gasteiger partial charge is 0.496 e. The first-order valence-corrected chi connectivity index (χ1v) is 8.78. The molecule has 0 radical (unpaired) electrons. The average molecular weight is 318 g/mol. The van der Waals surface area contributed by atoms with E-state index in [2.05, 4.69) is 4.90 Å². The molecule has 2 rings (SSSR count). The van der Waals surface area contributed by atoms with Crippen molar-refractivity contribution in [3.05, 3.63) is 28.8 Å². The molecule has 1 atom stereocenters. The average Bonchev–Trinajstić information content (AvgIpc) is 2.54. The molecular weight excluding hydrogens is 298 g/mol. The molecule has 1 fully saturated rings. The summed E-state index contributed by atoms with van der Waals surface area (Å²) < 4.78 is 29.2. The number of rotatable bonds is 3. The van der Waals surface area contributed by atoms with Gasteiger partial charge in [0.2, 0.25) is 0 Å². The maximum absolute atomic E-state index is 11.9. The molecule has 0 bridgehead atoms. The number of benzene rings is 1.